The Balaban J connectivity index is 1.40. The molecule has 0 saturated heterocycles. The van der Waals surface area contributed by atoms with E-state index in [1.807, 2.05) is 59.1 Å². The summed E-state index contributed by atoms with van der Waals surface area (Å²) in [6.07, 6.45) is 9.17. The molecule has 0 spiro atoms. The molecule has 3 aromatic rings. The predicted octanol–water partition coefficient (Wildman–Crippen LogP) is 3.58. The van der Waals surface area contributed by atoms with E-state index in [9.17, 15) is 0 Å². The molecule has 4 nitrogen and oxygen atoms in total. The average Bonchev–Trinajstić information content (AvgIpc) is 3.11. The average molecular weight is 311 g/mol. The van der Waals surface area contributed by atoms with Crippen molar-refractivity contribution in [2.24, 2.45) is 0 Å². The highest BCUT2D eigenvalue weighted by Gasteiger charge is 1.98. The maximum atomic E-state index is 5.75. The van der Waals surface area contributed by atoms with E-state index in [0.717, 1.165) is 22.9 Å². The van der Waals surface area contributed by atoms with Gasteiger partial charge in [0.25, 0.3) is 0 Å². The van der Waals surface area contributed by atoms with Crippen LogP contribution in [0.25, 0.3) is 5.69 Å². The second-order valence-electron chi connectivity index (χ2n) is 4.73. The normalized spacial score (nSPS) is 10.5. The number of hydrogen-bond acceptors (Lipinski definition) is 4. The lowest BCUT2D eigenvalue weighted by Gasteiger charge is -2.07. The molecule has 0 aliphatic carbocycles. The molecule has 2 aromatic heterocycles. The molecule has 22 heavy (non-hydrogen) atoms. The summed E-state index contributed by atoms with van der Waals surface area (Å²) in [6, 6.07) is 12.1. The van der Waals surface area contributed by atoms with Crippen molar-refractivity contribution in [1.29, 1.82) is 0 Å². The van der Waals surface area contributed by atoms with Crippen molar-refractivity contribution in [3.63, 3.8) is 0 Å². The molecule has 0 bridgehead atoms. The first-order chi connectivity index (χ1) is 10.9. The molecule has 0 radical (unpaired) electrons. The monoisotopic (exact) mass is 311 g/mol. The van der Waals surface area contributed by atoms with Gasteiger partial charge in [0.05, 0.1) is 12.9 Å². The molecular formula is C17H17N3OS. The van der Waals surface area contributed by atoms with E-state index in [1.54, 1.807) is 18.7 Å². The SMILES string of the molecule is c1cncc(CSCCOc2ccc(-n3ccnc3)cc2)c1. The lowest BCUT2D eigenvalue weighted by molar-refractivity contribution is 0.344. The Morgan fingerprint density at radius 3 is 2.68 bits per heavy atom. The first-order valence-electron chi connectivity index (χ1n) is 7.10. The Morgan fingerprint density at radius 1 is 1.05 bits per heavy atom. The molecule has 2 heterocycles. The fourth-order valence-corrected chi connectivity index (χ4v) is 2.77. The summed E-state index contributed by atoms with van der Waals surface area (Å²) in [7, 11) is 0. The summed E-state index contributed by atoms with van der Waals surface area (Å²) in [5.74, 6) is 2.82. The smallest absolute Gasteiger partial charge is 0.119 e. The predicted molar refractivity (Wildman–Crippen MR) is 89.5 cm³/mol. The van der Waals surface area contributed by atoms with Gasteiger partial charge in [0.1, 0.15) is 5.75 Å². The highest BCUT2D eigenvalue weighted by Crippen LogP contribution is 2.16. The van der Waals surface area contributed by atoms with Gasteiger partial charge < -0.3 is 9.30 Å². The minimum Gasteiger partial charge on any atom is -0.493 e. The van der Waals surface area contributed by atoms with Crippen LogP contribution in [0.4, 0.5) is 0 Å². The van der Waals surface area contributed by atoms with Gasteiger partial charge in [0, 0.05) is 42.0 Å². The van der Waals surface area contributed by atoms with Crippen molar-refractivity contribution in [1.82, 2.24) is 14.5 Å². The van der Waals surface area contributed by atoms with E-state index < -0.39 is 0 Å². The number of imidazole rings is 1. The number of aromatic nitrogens is 3. The first kappa shape index (κ1) is 14.7. The van der Waals surface area contributed by atoms with Gasteiger partial charge >= 0.3 is 0 Å². The third-order valence-electron chi connectivity index (χ3n) is 3.13. The van der Waals surface area contributed by atoms with Crippen LogP contribution in [0, 0.1) is 0 Å². The van der Waals surface area contributed by atoms with Crippen LogP contribution >= 0.6 is 11.8 Å². The molecule has 3 rings (SSSR count). The molecule has 0 aliphatic heterocycles. The number of benzene rings is 1. The summed E-state index contributed by atoms with van der Waals surface area (Å²) in [5, 5.41) is 0. The van der Waals surface area contributed by atoms with Crippen LogP contribution in [0.5, 0.6) is 5.75 Å². The van der Waals surface area contributed by atoms with E-state index in [0.29, 0.717) is 6.61 Å². The van der Waals surface area contributed by atoms with E-state index in [2.05, 4.69) is 16.0 Å². The molecule has 112 valence electrons. The van der Waals surface area contributed by atoms with Gasteiger partial charge in [-0.3, -0.25) is 4.98 Å². The Labute approximate surface area is 134 Å². The van der Waals surface area contributed by atoms with Crippen molar-refractivity contribution >= 4 is 11.8 Å². The maximum absolute atomic E-state index is 5.75. The fourth-order valence-electron chi connectivity index (χ4n) is 2.02. The van der Waals surface area contributed by atoms with Crippen LogP contribution in [0.1, 0.15) is 5.56 Å². The zero-order valence-corrected chi connectivity index (χ0v) is 12.9. The highest BCUT2D eigenvalue weighted by atomic mass is 32.2. The van der Waals surface area contributed by atoms with Crippen LogP contribution < -0.4 is 4.74 Å². The van der Waals surface area contributed by atoms with E-state index in [4.69, 9.17) is 4.74 Å². The maximum Gasteiger partial charge on any atom is 0.119 e. The van der Waals surface area contributed by atoms with Crippen molar-refractivity contribution in [2.45, 2.75) is 5.75 Å². The zero-order chi connectivity index (χ0) is 15.0. The number of thioether (sulfide) groups is 1. The largest absolute Gasteiger partial charge is 0.493 e. The standard InChI is InChI=1S/C17H17N3OS/c1-2-15(12-18-7-1)13-22-11-10-21-17-5-3-16(4-6-17)20-9-8-19-14-20/h1-9,12,14H,10-11,13H2. The minimum absolute atomic E-state index is 0.704. The van der Waals surface area contributed by atoms with Gasteiger partial charge in [0.2, 0.25) is 0 Å². The number of ether oxygens (including phenoxy) is 1. The van der Waals surface area contributed by atoms with Gasteiger partial charge in [-0.2, -0.15) is 11.8 Å². The van der Waals surface area contributed by atoms with Crippen molar-refractivity contribution in [2.75, 3.05) is 12.4 Å². The summed E-state index contributed by atoms with van der Waals surface area (Å²) in [5.41, 5.74) is 2.33. The van der Waals surface area contributed by atoms with Crippen LogP contribution in [0.2, 0.25) is 0 Å². The third kappa shape index (κ3) is 4.11. The van der Waals surface area contributed by atoms with Crippen LogP contribution in [0.3, 0.4) is 0 Å². The van der Waals surface area contributed by atoms with Gasteiger partial charge in [-0.05, 0) is 35.9 Å². The number of nitrogens with zero attached hydrogens (tertiary/aromatic N) is 3. The molecule has 0 amide bonds. The topological polar surface area (TPSA) is 39.9 Å². The van der Waals surface area contributed by atoms with Crippen LogP contribution in [0.15, 0.2) is 67.5 Å². The Bertz CT molecular complexity index is 669. The lowest BCUT2D eigenvalue weighted by atomic mass is 10.3. The van der Waals surface area contributed by atoms with Gasteiger partial charge in [0.15, 0.2) is 0 Å². The Kier molecular flexibility index (Phi) is 5.10. The molecule has 1 aromatic carbocycles. The zero-order valence-electron chi connectivity index (χ0n) is 12.1. The number of rotatable bonds is 7. The highest BCUT2D eigenvalue weighted by molar-refractivity contribution is 7.98. The second-order valence-corrected chi connectivity index (χ2v) is 5.83. The van der Waals surface area contributed by atoms with Gasteiger partial charge in [-0.25, -0.2) is 4.98 Å². The number of hydrogen-bond donors (Lipinski definition) is 0. The molecular weight excluding hydrogens is 294 g/mol. The molecule has 0 fully saturated rings. The van der Waals surface area contributed by atoms with Gasteiger partial charge in [-0.15, -0.1) is 0 Å². The van der Waals surface area contributed by atoms with E-state index in [1.165, 1.54) is 5.56 Å². The van der Waals surface area contributed by atoms with Gasteiger partial charge in [-0.1, -0.05) is 6.07 Å². The summed E-state index contributed by atoms with van der Waals surface area (Å²) >= 11 is 1.85. The first-order valence-corrected chi connectivity index (χ1v) is 8.25. The molecule has 5 heteroatoms. The minimum atomic E-state index is 0.704. The Morgan fingerprint density at radius 2 is 1.95 bits per heavy atom. The Hall–Kier alpha value is -2.27. The summed E-state index contributed by atoms with van der Waals surface area (Å²) < 4.78 is 7.72. The summed E-state index contributed by atoms with van der Waals surface area (Å²) in [6.45, 7) is 0.704. The molecule has 0 aliphatic rings. The van der Waals surface area contributed by atoms with Crippen molar-refractivity contribution in [3.05, 3.63) is 73.1 Å². The van der Waals surface area contributed by atoms with E-state index in [-0.39, 0.29) is 0 Å². The second kappa shape index (κ2) is 7.66. The van der Waals surface area contributed by atoms with Crippen molar-refractivity contribution in [3.8, 4) is 11.4 Å². The molecule has 0 unspecified atom stereocenters. The number of pyridine rings is 1. The van der Waals surface area contributed by atoms with Crippen molar-refractivity contribution < 1.29 is 4.74 Å². The summed E-state index contributed by atoms with van der Waals surface area (Å²) in [4.78, 5) is 8.15. The lowest BCUT2D eigenvalue weighted by Crippen LogP contribution is -2.00. The molecule has 0 N–H and O–H groups in total. The molecule has 0 saturated carbocycles. The van der Waals surface area contributed by atoms with Crippen LogP contribution in [-0.4, -0.2) is 26.9 Å². The third-order valence-corrected chi connectivity index (χ3v) is 4.12. The molecule has 0 atom stereocenters. The quantitative estimate of drug-likeness (QED) is 0.625. The fraction of sp³-hybridized carbons (Fsp3) is 0.176. The van der Waals surface area contributed by atoms with Crippen LogP contribution in [-0.2, 0) is 5.75 Å². The van der Waals surface area contributed by atoms with E-state index >= 15 is 0 Å².